The predicted octanol–water partition coefficient (Wildman–Crippen LogP) is 2.50. The highest BCUT2D eigenvalue weighted by Gasteiger charge is 2.40. The molecule has 0 bridgehead atoms. The first kappa shape index (κ1) is 25.1. The summed E-state index contributed by atoms with van der Waals surface area (Å²) in [5.74, 6) is -2.72. The molecule has 0 saturated carbocycles. The van der Waals surface area contributed by atoms with E-state index in [0.717, 1.165) is 11.0 Å². The van der Waals surface area contributed by atoms with Crippen molar-refractivity contribution in [2.45, 2.75) is 24.6 Å². The van der Waals surface area contributed by atoms with E-state index in [1.807, 2.05) is 0 Å². The van der Waals surface area contributed by atoms with Gasteiger partial charge in [-0.1, -0.05) is 11.6 Å². The number of primary amides is 1. The molecule has 2 aromatic rings. The second-order valence-corrected chi connectivity index (χ2v) is 8.70. The number of likely N-dealkylation sites (tertiary alicyclic amines) is 1. The van der Waals surface area contributed by atoms with Crippen LogP contribution >= 0.6 is 11.6 Å². The Labute approximate surface area is 210 Å². The summed E-state index contributed by atoms with van der Waals surface area (Å²) in [7, 11) is 1.48. The summed E-state index contributed by atoms with van der Waals surface area (Å²) < 4.78 is 20.3. The molecule has 0 aromatic heterocycles. The number of anilines is 3. The number of methoxy groups -OCH3 is 1. The van der Waals surface area contributed by atoms with Gasteiger partial charge in [0.1, 0.15) is 17.9 Å². The SMILES string of the molecule is COC1CC(C(=O)Nc2ccc(N3C(=O)C=CC3C(N)=O)cc2F)N(C(=O)Nc2ccc(Cl)cc2)C1. The van der Waals surface area contributed by atoms with Gasteiger partial charge in [-0.3, -0.25) is 19.3 Å². The number of benzene rings is 2. The molecule has 4 N–H and O–H groups in total. The number of halogens is 2. The number of amides is 5. The molecule has 10 nitrogen and oxygen atoms in total. The Morgan fingerprint density at radius 1 is 1.14 bits per heavy atom. The van der Waals surface area contributed by atoms with E-state index in [-0.39, 0.29) is 30.4 Å². The zero-order chi connectivity index (χ0) is 26.0. The summed E-state index contributed by atoms with van der Waals surface area (Å²) in [6, 6.07) is 7.68. The number of hydrogen-bond donors (Lipinski definition) is 3. The van der Waals surface area contributed by atoms with Gasteiger partial charge in [0.25, 0.3) is 5.91 Å². The first-order chi connectivity index (χ1) is 17.2. The monoisotopic (exact) mass is 515 g/mol. The largest absolute Gasteiger partial charge is 0.380 e. The molecular weight excluding hydrogens is 493 g/mol. The standard InChI is InChI=1S/C24H23ClFN5O5/c1-36-16-11-20(30(12-16)24(35)28-14-4-2-13(25)3-5-14)23(34)29-18-7-6-15(10-17(18)26)31-19(22(27)33)8-9-21(31)32/h2-10,16,19-20H,11-12H2,1H3,(H2,27,33)(H,28,35)(H,29,34). The van der Waals surface area contributed by atoms with Crippen molar-refractivity contribution in [3.63, 3.8) is 0 Å². The normalized spacial score (nSPS) is 21.1. The third kappa shape index (κ3) is 5.16. The van der Waals surface area contributed by atoms with Gasteiger partial charge in [-0.2, -0.15) is 0 Å². The molecule has 0 radical (unpaired) electrons. The Balaban J connectivity index is 1.48. The lowest BCUT2D eigenvalue weighted by Gasteiger charge is -2.25. The van der Waals surface area contributed by atoms with Gasteiger partial charge in [-0.25, -0.2) is 9.18 Å². The van der Waals surface area contributed by atoms with Gasteiger partial charge in [0.15, 0.2) is 0 Å². The predicted molar refractivity (Wildman–Crippen MR) is 131 cm³/mol. The van der Waals surface area contributed by atoms with Crippen LogP contribution in [0.1, 0.15) is 6.42 Å². The second-order valence-electron chi connectivity index (χ2n) is 8.27. The van der Waals surface area contributed by atoms with E-state index in [4.69, 9.17) is 22.1 Å². The molecule has 2 aliphatic heterocycles. The quantitative estimate of drug-likeness (QED) is 0.543. The van der Waals surface area contributed by atoms with Crippen LogP contribution < -0.4 is 21.3 Å². The first-order valence-electron chi connectivity index (χ1n) is 10.9. The smallest absolute Gasteiger partial charge is 0.322 e. The molecule has 12 heteroatoms. The lowest BCUT2D eigenvalue weighted by Crippen LogP contribution is -2.45. The number of carbonyl (C=O) groups excluding carboxylic acids is 4. The Hall–Kier alpha value is -3.96. The molecule has 36 heavy (non-hydrogen) atoms. The molecule has 1 saturated heterocycles. The Bertz CT molecular complexity index is 1240. The fourth-order valence-electron chi connectivity index (χ4n) is 4.13. The zero-order valence-electron chi connectivity index (χ0n) is 19.1. The third-order valence-corrected chi connectivity index (χ3v) is 6.22. The van der Waals surface area contributed by atoms with Crippen LogP contribution in [0.5, 0.6) is 0 Å². The Morgan fingerprint density at radius 3 is 2.50 bits per heavy atom. The van der Waals surface area contributed by atoms with Crippen molar-refractivity contribution < 1.29 is 28.3 Å². The summed E-state index contributed by atoms with van der Waals surface area (Å²) in [6.45, 7) is 0.161. The highest BCUT2D eigenvalue weighted by Crippen LogP contribution is 2.28. The summed E-state index contributed by atoms with van der Waals surface area (Å²) >= 11 is 5.88. The van der Waals surface area contributed by atoms with E-state index in [1.54, 1.807) is 24.3 Å². The number of ether oxygens (including phenoxy) is 1. The summed E-state index contributed by atoms with van der Waals surface area (Å²) in [4.78, 5) is 52.1. The van der Waals surface area contributed by atoms with Crippen LogP contribution in [0.4, 0.5) is 26.2 Å². The van der Waals surface area contributed by atoms with Crippen molar-refractivity contribution >= 4 is 52.4 Å². The molecule has 2 heterocycles. The molecule has 188 valence electrons. The number of urea groups is 1. The molecule has 2 aromatic carbocycles. The number of hydrogen-bond acceptors (Lipinski definition) is 5. The van der Waals surface area contributed by atoms with E-state index < -0.39 is 41.7 Å². The third-order valence-electron chi connectivity index (χ3n) is 5.97. The lowest BCUT2D eigenvalue weighted by molar-refractivity contribution is -0.121. The van der Waals surface area contributed by atoms with Crippen LogP contribution in [0.15, 0.2) is 54.6 Å². The zero-order valence-corrected chi connectivity index (χ0v) is 19.9. The molecule has 3 unspecified atom stereocenters. The van der Waals surface area contributed by atoms with Crippen LogP contribution in [0.25, 0.3) is 0 Å². The molecular formula is C24H23ClFN5O5. The van der Waals surface area contributed by atoms with Gasteiger partial charge in [-0.05, 0) is 48.5 Å². The minimum Gasteiger partial charge on any atom is -0.380 e. The number of rotatable bonds is 6. The highest BCUT2D eigenvalue weighted by atomic mass is 35.5. The van der Waals surface area contributed by atoms with Gasteiger partial charge >= 0.3 is 6.03 Å². The van der Waals surface area contributed by atoms with Crippen molar-refractivity contribution in [2.75, 3.05) is 29.2 Å². The Morgan fingerprint density at radius 2 is 1.86 bits per heavy atom. The average Bonchev–Trinajstić information content (AvgIpc) is 3.46. The minimum absolute atomic E-state index is 0.105. The topological polar surface area (TPSA) is 134 Å². The molecule has 0 aliphatic carbocycles. The molecule has 0 spiro atoms. The molecule has 2 aliphatic rings. The maximum absolute atomic E-state index is 14.9. The van der Waals surface area contributed by atoms with Crippen molar-refractivity contribution in [3.8, 4) is 0 Å². The van der Waals surface area contributed by atoms with Crippen molar-refractivity contribution in [3.05, 3.63) is 65.5 Å². The number of carbonyl (C=O) groups is 4. The van der Waals surface area contributed by atoms with E-state index in [1.165, 1.54) is 36.3 Å². The fourth-order valence-corrected chi connectivity index (χ4v) is 4.25. The average molecular weight is 516 g/mol. The lowest BCUT2D eigenvalue weighted by atomic mass is 10.1. The van der Waals surface area contributed by atoms with Crippen LogP contribution in [-0.4, -0.2) is 60.5 Å². The number of nitrogens with one attached hydrogen (secondary N) is 2. The minimum atomic E-state index is -1.03. The van der Waals surface area contributed by atoms with E-state index >= 15 is 0 Å². The Kier molecular flexibility index (Phi) is 7.22. The number of nitrogens with zero attached hydrogens (tertiary/aromatic N) is 2. The van der Waals surface area contributed by atoms with E-state index in [2.05, 4.69) is 10.6 Å². The molecule has 4 rings (SSSR count). The van der Waals surface area contributed by atoms with Gasteiger partial charge in [0.2, 0.25) is 11.8 Å². The van der Waals surface area contributed by atoms with Gasteiger partial charge in [0.05, 0.1) is 11.8 Å². The maximum atomic E-state index is 14.9. The summed E-state index contributed by atoms with van der Waals surface area (Å²) in [6.07, 6.45) is 2.33. The van der Waals surface area contributed by atoms with Crippen molar-refractivity contribution in [2.24, 2.45) is 5.73 Å². The van der Waals surface area contributed by atoms with E-state index in [9.17, 15) is 23.6 Å². The van der Waals surface area contributed by atoms with Crippen molar-refractivity contribution in [1.82, 2.24) is 4.90 Å². The van der Waals surface area contributed by atoms with Crippen LogP contribution in [0.2, 0.25) is 5.02 Å². The summed E-state index contributed by atoms with van der Waals surface area (Å²) in [5.41, 5.74) is 5.76. The van der Waals surface area contributed by atoms with Crippen LogP contribution in [0, 0.1) is 5.82 Å². The van der Waals surface area contributed by atoms with Gasteiger partial charge in [-0.15, -0.1) is 0 Å². The van der Waals surface area contributed by atoms with E-state index in [0.29, 0.717) is 10.7 Å². The summed E-state index contributed by atoms with van der Waals surface area (Å²) in [5, 5.41) is 5.71. The van der Waals surface area contributed by atoms with Gasteiger partial charge < -0.3 is 26.0 Å². The van der Waals surface area contributed by atoms with Gasteiger partial charge in [0, 0.05) is 42.5 Å². The second kappa shape index (κ2) is 10.3. The molecule has 5 amide bonds. The van der Waals surface area contributed by atoms with Crippen molar-refractivity contribution in [1.29, 1.82) is 0 Å². The highest BCUT2D eigenvalue weighted by molar-refractivity contribution is 6.30. The van der Waals surface area contributed by atoms with Crippen LogP contribution in [-0.2, 0) is 19.1 Å². The number of nitrogens with two attached hydrogens (primary N) is 1. The molecule has 1 fully saturated rings. The first-order valence-corrected chi connectivity index (χ1v) is 11.3. The maximum Gasteiger partial charge on any atom is 0.322 e. The fraction of sp³-hybridized carbons (Fsp3) is 0.250. The van der Waals surface area contributed by atoms with Crippen LogP contribution in [0.3, 0.4) is 0 Å². The molecule has 3 atom stereocenters.